The van der Waals surface area contributed by atoms with Gasteiger partial charge in [0.05, 0.1) is 11.4 Å². The van der Waals surface area contributed by atoms with Gasteiger partial charge in [-0.1, -0.05) is 30.3 Å². The Bertz CT molecular complexity index is 1140. The van der Waals surface area contributed by atoms with E-state index in [-0.39, 0.29) is 5.69 Å². The maximum Gasteiger partial charge on any atom is 0.323 e. The number of nitrogens with one attached hydrogen (secondary N) is 2. The largest absolute Gasteiger partial charge is 0.323 e. The molecular formula is C21H17FN4O. The van der Waals surface area contributed by atoms with Crippen LogP contribution in [-0.4, -0.2) is 15.4 Å². The van der Waals surface area contributed by atoms with Crippen molar-refractivity contribution in [3.63, 3.8) is 0 Å². The smallest absolute Gasteiger partial charge is 0.308 e. The van der Waals surface area contributed by atoms with Gasteiger partial charge in [0, 0.05) is 23.6 Å². The minimum Gasteiger partial charge on any atom is -0.308 e. The molecule has 2 aromatic heterocycles. The highest BCUT2D eigenvalue weighted by Crippen LogP contribution is 2.23. The molecule has 0 spiro atoms. The molecule has 2 aromatic carbocycles. The minimum absolute atomic E-state index is 0.127. The molecule has 0 saturated carbocycles. The van der Waals surface area contributed by atoms with E-state index in [1.54, 1.807) is 18.2 Å². The topological polar surface area (TPSA) is 58.4 Å². The number of anilines is 2. The van der Waals surface area contributed by atoms with Gasteiger partial charge in [-0.15, -0.1) is 0 Å². The second-order valence-electron chi connectivity index (χ2n) is 6.19. The number of para-hydroxylation sites is 1. The van der Waals surface area contributed by atoms with Crippen molar-refractivity contribution in [2.45, 2.75) is 6.92 Å². The Morgan fingerprint density at radius 3 is 2.70 bits per heavy atom. The molecule has 0 unspecified atom stereocenters. The van der Waals surface area contributed by atoms with Crippen LogP contribution < -0.4 is 10.6 Å². The summed E-state index contributed by atoms with van der Waals surface area (Å²) in [5, 5.41) is 5.22. The molecule has 2 heterocycles. The van der Waals surface area contributed by atoms with E-state index in [1.807, 2.05) is 54.0 Å². The number of aryl methyl sites for hydroxylation is 1. The fraction of sp³-hybridized carbons (Fsp3) is 0.0476. The number of amides is 2. The number of imidazole rings is 1. The summed E-state index contributed by atoms with van der Waals surface area (Å²) >= 11 is 0. The third-order valence-electron chi connectivity index (χ3n) is 4.22. The molecule has 134 valence electrons. The van der Waals surface area contributed by atoms with Crippen molar-refractivity contribution in [2.24, 2.45) is 0 Å². The standard InChI is InChI=1S/C21H17FN4O/c1-14-6-5-11-26-13-19(24-20(14)26)15-7-4-8-16(12-15)23-21(27)25-18-10-3-2-9-17(18)22/h2-13H,1H3,(H2,23,25,27). The second kappa shape index (κ2) is 6.92. The summed E-state index contributed by atoms with van der Waals surface area (Å²) in [6, 6.07) is 16.9. The van der Waals surface area contributed by atoms with Gasteiger partial charge in [0.25, 0.3) is 0 Å². The van der Waals surface area contributed by atoms with Crippen molar-refractivity contribution in [1.82, 2.24) is 9.38 Å². The Balaban J connectivity index is 1.56. The Labute approximate surface area is 155 Å². The van der Waals surface area contributed by atoms with Crippen molar-refractivity contribution in [1.29, 1.82) is 0 Å². The zero-order valence-electron chi connectivity index (χ0n) is 14.6. The normalized spacial score (nSPS) is 10.7. The fourth-order valence-corrected chi connectivity index (χ4v) is 2.90. The summed E-state index contributed by atoms with van der Waals surface area (Å²) < 4.78 is 15.6. The van der Waals surface area contributed by atoms with Crippen LogP contribution in [0.2, 0.25) is 0 Å². The highest BCUT2D eigenvalue weighted by molar-refractivity contribution is 6.00. The number of urea groups is 1. The number of rotatable bonds is 3. The summed E-state index contributed by atoms with van der Waals surface area (Å²) in [6.45, 7) is 2.01. The molecule has 4 aromatic rings. The summed E-state index contributed by atoms with van der Waals surface area (Å²) in [5.74, 6) is -0.485. The number of benzene rings is 2. The molecule has 0 radical (unpaired) electrons. The van der Waals surface area contributed by atoms with E-state index in [9.17, 15) is 9.18 Å². The maximum absolute atomic E-state index is 13.7. The predicted molar refractivity (Wildman–Crippen MR) is 104 cm³/mol. The van der Waals surface area contributed by atoms with E-state index in [1.165, 1.54) is 12.1 Å². The molecule has 0 atom stereocenters. The van der Waals surface area contributed by atoms with Gasteiger partial charge in [-0.05, 0) is 42.8 Å². The molecule has 5 nitrogen and oxygen atoms in total. The van der Waals surface area contributed by atoms with Crippen molar-refractivity contribution >= 4 is 23.1 Å². The lowest BCUT2D eigenvalue weighted by Crippen LogP contribution is -2.20. The first-order chi connectivity index (χ1) is 13.1. The Morgan fingerprint density at radius 1 is 1.04 bits per heavy atom. The number of nitrogens with zero attached hydrogens (tertiary/aromatic N) is 2. The molecule has 4 rings (SSSR count). The fourth-order valence-electron chi connectivity index (χ4n) is 2.90. The van der Waals surface area contributed by atoms with Crippen LogP contribution in [0.4, 0.5) is 20.6 Å². The lowest BCUT2D eigenvalue weighted by Gasteiger charge is -2.09. The van der Waals surface area contributed by atoms with Crippen LogP contribution in [0.1, 0.15) is 5.56 Å². The third kappa shape index (κ3) is 3.50. The minimum atomic E-state index is -0.511. The molecule has 27 heavy (non-hydrogen) atoms. The van der Waals surface area contributed by atoms with Gasteiger partial charge in [0.15, 0.2) is 0 Å². The molecule has 0 aliphatic carbocycles. The molecule has 0 aliphatic rings. The lowest BCUT2D eigenvalue weighted by molar-refractivity contribution is 0.262. The number of pyridine rings is 1. The Hall–Kier alpha value is -3.67. The van der Waals surface area contributed by atoms with E-state index in [2.05, 4.69) is 15.6 Å². The zero-order valence-corrected chi connectivity index (χ0v) is 14.6. The van der Waals surface area contributed by atoms with E-state index in [0.29, 0.717) is 5.69 Å². The average molecular weight is 360 g/mol. The average Bonchev–Trinajstić information content (AvgIpc) is 3.10. The first kappa shape index (κ1) is 16.8. The summed E-state index contributed by atoms with van der Waals surface area (Å²) in [6.07, 6.45) is 3.89. The number of fused-ring (bicyclic) bond motifs is 1. The van der Waals surface area contributed by atoms with Crippen LogP contribution in [0.15, 0.2) is 73.1 Å². The Morgan fingerprint density at radius 2 is 1.89 bits per heavy atom. The molecular weight excluding hydrogens is 343 g/mol. The van der Waals surface area contributed by atoms with Gasteiger partial charge in [-0.25, -0.2) is 14.2 Å². The molecule has 0 bridgehead atoms. The Kier molecular flexibility index (Phi) is 4.30. The SMILES string of the molecule is Cc1cccn2cc(-c3cccc(NC(=O)Nc4ccccc4F)c3)nc12. The number of hydrogen-bond donors (Lipinski definition) is 2. The third-order valence-corrected chi connectivity index (χ3v) is 4.22. The van der Waals surface area contributed by atoms with Gasteiger partial charge < -0.3 is 15.0 Å². The van der Waals surface area contributed by atoms with E-state index in [4.69, 9.17) is 0 Å². The second-order valence-corrected chi connectivity index (χ2v) is 6.19. The maximum atomic E-state index is 13.7. The quantitative estimate of drug-likeness (QED) is 0.534. The monoisotopic (exact) mass is 360 g/mol. The molecule has 2 N–H and O–H groups in total. The van der Waals surface area contributed by atoms with Crippen LogP contribution in [0, 0.1) is 12.7 Å². The number of aromatic nitrogens is 2. The molecule has 0 aliphatic heterocycles. The van der Waals surface area contributed by atoms with Crippen LogP contribution in [0.3, 0.4) is 0 Å². The summed E-state index contributed by atoms with van der Waals surface area (Å²) in [7, 11) is 0. The number of carbonyl (C=O) groups excluding carboxylic acids is 1. The van der Waals surface area contributed by atoms with Gasteiger partial charge in [0.2, 0.25) is 0 Å². The zero-order chi connectivity index (χ0) is 18.8. The van der Waals surface area contributed by atoms with Gasteiger partial charge in [-0.2, -0.15) is 0 Å². The van der Waals surface area contributed by atoms with Crippen LogP contribution in [0.5, 0.6) is 0 Å². The molecule has 2 amide bonds. The van der Waals surface area contributed by atoms with Crippen molar-refractivity contribution < 1.29 is 9.18 Å². The van der Waals surface area contributed by atoms with E-state index < -0.39 is 11.8 Å². The first-order valence-corrected chi connectivity index (χ1v) is 8.47. The van der Waals surface area contributed by atoms with Crippen molar-refractivity contribution in [3.8, 4) is 11.3 Å². The van der Waals surface area contributed by atoms with E-state index >= 15 is 0 Å². The summed E-state index contributed by atoms with van der Waals surface area (Å²) in [5.41, 5.74) is 4.38. The summed E-state index contributed by atoms with van der Waals surface area (Å²) in [4.78, 5) is 16.8. The van der Waals surface area contributed by atoms with E-state index in [0.717, 1.165) is 22.5 Å². The predicted octanol–water partition coefficient (Wildman–Crippen LogP) is 5.09. The first-order valence-electron chi connectivity index (χ1n) is 8.47. The van der Waals surface area contributed by atoms with Gasteiger partial charge in [-0.3, -0.25) is 0 Å². The highest BCUT2D eigenvalue weighted by Gasteiger charge is 2.09. The molecule has 0 fully saturated rings. The highest BCUT2D eigenvalue weighted by atomic mass is 19.1. The molecule has 6 heteroatoms. The van der Waals surface area contributed by atoms with Gasteiger partial charge >= 0.3 is 6.03 Å². The number of carbonyl (C=O) groups is 1. The van der Waals surface area contributed by atoms with Gasteiger partial charge in [0.1, 0.15) is 11.5 Å². The number of halogens is 1. The van der Waals surface area contributed by atoms with Crippen molar-refractivity contribution in [2.75, 3.05) is 10.6 Å². The molecule has 0 saturated heterocycles. The van der Waals surface area contributed by atoms with Crippen LogP contribution in [0.25, 0.3) is 16.9 Å². The lowest BCUT2D eigenvalue weighted by atomic mass is 10.1. The number of hydrogen-bond acceptors (Lipinski definition) is 2. The van der Waals surface area contributed by atoms with Crippen LogP contribution in [-0.2, 0) is 0 Å². The van der Waals surface area contributed by atoms with Crippen LogP contribution >= 0.6 is 0 Å². The van der Waals surface area contributed by atoms with Crippen molar-refractivity contribution in [3.05, 3.63) is 84.4 Å².